The molecule has 0 spiro atoms. The summed E-state index contributed by atoms with van der Waals surface area (Å²) in [6.07, 6.45) is -0.816. The van der Waals surface area contributed by atoms with Gasteiger partial charge in [-0.25, -0.2) is 9.59 Å². The van der Waals surface area contributed by atoms with Crippen LogP contribution in [0.25, 0.3) is 0 Å². The van der Waals surface area contributed by atoms with Gasteiger partial charge < -0.3 is 19.3 Å². The predicted octanol–water partition coefficient (Wildman–Crippen LogP) is 4.60. The minimum Gasteiger partial charge on any atom is -0.444 e. The molecule has 0 unspecified atom stereocenters. The maximum absolute atomic E-state index is 12.6. The van der Waals surface area contributed by atoms with E-state index in [1.54, 1.807) is 11.9 Å². The van der Waals surface area contributed by atoms with Crippen molar-refractivity contribution < 1.29 is 19.1 Å². The van der Waals surface area contributed by atoms with Gasteiger partial charge in [-0.15, -0.1) is 0 Å². The Morgan fingerprint density at radius 1 is 0.926 bits per heavy atom. The van der Waals surface area contributed by atoms with Gasteiger partial charge in [-0.05, 0) is 54.0 Å². The molecule has 0 saturated carbocycles. The third-order valence-electron chi connectivity index (χ3n) is 3.52. The molecule has 0 heterocycles. The number of amides is 2. The average Bonchev–Trinajstić information content (AvgIpc) is 2.47. The average molecular weight is 379 g/mol. The van der Waals surface area contributed by atoms with Crippen molar-refractivity contribution in [3.63, 3.8) is 0 Å². The lowest BCUT2D eigenvalue weighted by Gasteiger charge is -2.30. The highest BCUT2D eigenvalue weighted by molar-refractivity contribution is 5.69. The summed E-state index contributed by atoms with van der Waals surface area (Å²) in [4.78, 5) is 27.9. The molecule has 27 heavy (non-hydrogen) atoms. The van der Waals surface area contributed by atoms with Gasteiger partial charge in [-0.1, -0.05) is 29.8 Å². The van der Waals surface area contributed by atoms with Crippen LogP contribution < -0.4 is 0 Å². The molecule has 0 saturated heterocycles. The minimum atomic E-state index is -0.584. The lowest BCUT2D eigenvalue weighted by Crippen LogP contribution is -2.42. The van der Waals surface area contributed by atoms with E-state index in [0.717, 1.165) is 11.1 Å². The van der Waals surface area contributed by atoms with Crippen molar-refractivity contribution in [2.75, 3.05) is 20.1 Å². The summed E-state index contributed by atoms with van der Waals surface area (Å²) in [5.74, 6) is 0. The van der Waals surface area contributed by atoms with E-state index >= 15 is 0 Å². The van der Waals surface area contributed by atoms with Crippen LogP contribution in [0.5, 0.6) is 0 Å². The summed E-state index contributed by atoms with van der Waals surface area (Å²) in [6.45, 7) is 14.1. The normalized spacial score (nSPS) is 11.7. The molecule has 0 aliphatic rings. The van der Waals surface area contributed by atoms with Gasteiger partial charge >= 0.3 is 12.2 Å². The molecule has 0 aromatic heterocycles. The number of carbonyl (C=O) groups excluding carboxylic acids is 2. The molecule has 6 heteroatoms. The first-order valence-electron chi connectivity index (χ1n) is 9.24. The second-order valence-electron chi connectivity index (χ2n) is 8.79. The quantitative estimate of drug-likeness (QED) is 0.751. The fourth-order valence-corrected chi connectivity index (χ4v) is 2.29. The maximum atomic E-state index is 12.6. The van der Waals surface area contributed by atoms with Crippen LogP contribution in [-0.4, -0.2) is 53.3 Å². The number of aryl methyl sites for hydroxylation is 1. The van der Waals surface area contributed by atoms with E-state index in [0.29, 0.717) is 19.6 Å². The molecule has 0 fully saturated rings. The Morgan fingerprint density at radius 3 is 2.00 bits per heavy atom. The highest BCUT2D eigenvalue weighted by Crippen LogP contribution is 2.14. The molecule has 152 valence electrons. The molecule has 1 aromatic carbocycles. The number of ether oxygens (including phenoxy) is 2. The molecule has 0 N–H and O–H groups in total. The van der Waals surface area contributed by atoms with Gasteiger partial charge in [0, 0.05) is 26.7 Å². The topological polar surface area (TPSA) is 59.1 Å². The summed E-state index contributed by atoms with van der Waals surface area (Å²) in [6, 6.07) is 7.99. The summed E-state index contributed by atoms with van der Waals surface area (Å²) in [5.41, 5.74) is 1.000. The second kappa shape index (κ2) is 9.11. The molecule has 0 aliphatic heterocycles. The van der Waals surface area contributed by atoms with Gasteiger partial charge in [0.2, 0.25) is 0 Å². The maximum Gasteiger partial charge on any atom is 0.410 e. The minimum absolute atomic E-state index is 0.346. The SMILES string of the molecule is Cc1cccc(CN(CCN(C)C(=O)OC(C)(C)C)C(=O)OC(C)(C)C)c1. The third-order valence-corrected chi connectivity index (χ3v) is 3.52. The van der Waals surface area contributed by atoms with Crippen molar-refractivity contribution in [3.05, 3.63) is 35.4 Å². The highest BCUT2D eigenvalue weighted by Gasteiger charge is 2.24. The molecule has 2 amide bonds. The summed E-state index contributed by atoms with van der Waals surface area (Å²) < 4.78 is 10.9. The summed E-state index contributed by atoms with van der Waals surface area (Å²) >= 11 is 0. The van der Waals surface area contributed by atoms with Gasteiger partial charge in [0.1, 0.15) is 11.2 Å². The molecule has 0 bridgehead atoms. The zero-order chi connectivity index (χ0) is 20.8. The zero-order valence-electron chi connectivity index (χ0n) is 18.0. The van der Waals surface area contributed by atoms with Crippen LogP contribution in [0.2, 0.25) is 0 Å². The Morgan fingerprint density at radius 2 is 1.48 bits per heavy atom. The first-order valence-corrected chi connectivity index (χ1v) is 9.24. The Bertz CT molecular complexity index is 644. The van der Waals surface area contributed by atoms with Gasteiger partial charge in [0.25, 0.3) is 0 Å². The number of hydrogen-bond donors (Lipinski definition) is 0. The monoisotopic (exact) mass is 378 g/mol. The largest absolute Gasteiger partial charge is 0.444 e. The fourth-order valence-electron chi connectivity index (χ4n) is 2.29. The van der Waals surface area contributed by atoms with Gasteiger partial charge in [-0.3, -0.25) is 0 Å². The van der Waals surface area contributed by atoms with Crippen LogP contribution in [0.1, 0.15) is 52.7 Å². The standard InChI is InChI=1S/C21H34N2O4/c1-16-10-9-11-17(14-16)15-23(19(25)27-21(5,6)7)13-12-22(8)18(24)26-20(2,3)4/h9-11,14H,12-13,15H2,1-8H3. The van der Waals surface area contributed by atoms with E-state index in [-0.39, 0.29) is 0 Å². The Balaban J connectivity index is 2.81. The van der Waals surface area contributed by atoms with Crippen molar-refractivity contribution in [2.24, 2.45) is 0 Å². The number of benzene rings is 1. The first kappa shape index (κ1) is 22.8. The Kier molecular flexibility index (Phi) is 7.69. The van der Waals surface area contributed by atoms with Crippen LogP contribution >= 0.6 is 0 Å². The highest BCUT2D eigenvalue weighted by atomic mass is 16.6. The van der Waals surface area contributed by atoms with E-state index in [9.17, 15) is 9.59 Å². The Hall–Kier alpha value is -2.24. The van der Waals surface area contributed by atoms with Crippen LogP contribution in [0.3, 0.4) is 0 Å². The van der Waals surface area contributed by atoms with E-state index in [1.807, 2.05) is 72.7 Å². The lowest BCUT2D eigenvalue weighted by atomic mass is 10.1. The first-order chi connectivity index (χ1) is 12.3. The molecular weight excluding hydrogens is 344 g/mol. The Labute approximate surface area is 163 Å². The van der Waals surface area contributed by atoms with Crippen molar-refractivity contribution in [1.29, 1.82) is 0 Å². The third kappa shape index (κ3) is 9.31. The second-order valence-corrected chi connectivity index (χ2v) is 8.79. The predicted molar refractivity (Wildman–Crippen MR) is 107 cm³/mol. The molecule has 0 atom stereocenters. The van der Waals surface area contributed by atoms with E-state index in [1.165, 1.54) is 4.90 Å². The molecule has 0 radical (unpaired) electrons. The molecule has 0 aliphatic carbocycles. The van der Waals surface area contributed by atoms with Crippen molar-refractivity contribution in [1.82, 2.24) is 9.80 Å². The van der Waals surface area contributed by atoms with Crippen LogP contribution in [0.15, 0.2) is 24.3 Å². The zero-order valence-corrected chi connectivity index (χ0v) is 18.0. The summed E-state index contributed by atoms with van der Waals surface area (Å²) in [5, 5.41) is 0. The molecular formula is C21H34N2O4. The lowest BCUT2D eigenvalue weighted by molar-refractivity contribution is 0.0152. The van der Waals surface area contributed by atoms with Crippen molar-refractivity contribution >= 4 is 12.2 Å². The number of hydrogen-bond acceptors (Lipinski definition) is 4. The van der Waals surface area contributed by atoms with E-state index in [2.05, 4.69) is 0 Å². The fraction of sp³-hybridized carbons (Fsp3) is 0.619. The van der Waals surface area contributed by atoms with E-state index in [4.69, 9.17) is 9.47 Å². The number of likely N-dealkylation sites (N-methyl/N-ethyl adjacent to an activating group) is 1. The molecule has 1 aromatic rings. The van der Waals surface area contributed by atoms with Gasteiger partial charge in [0.05, 0.1) is 0 Å². The van der Waals surface area contributed by atoms with E-state index < -0.39 is 23.4 Å². The van der Waals surface area contributed by atoms with Crippen molar-refractivity contribution in [3.8, 4) is 0 Å². The number of rotatable bonds is 5. The van der Waals surface area contributed by atoms with Crippen LogP contribution in [0.4, 0.5) is 9.59 Å². The molecule has 6 nitrogen and oxygen atoms in total. The van der Waals surface area contributed by atoms with Crippen molar-refractivity contribution in [2.45, 2.75) is 66.2 Å². The number of nitrogens with zero attached hydrogens (tertiary/aromatic N) is 2. The van der Waals surface area contributed by atoms with Gasteiger partial charge in [-0.2, -0.15) is 0 Å². The van der Waals surface area contributed by atoms with Crippen LogP contribution in [0, 0.1) is 6.92 Å². The number of carbonyl (C=O) groups is 2. The summed E-state index contributed by atoms with van der Waals surface area (Å²) in [7, 11) is 1.66. The van der Waals surface area contributed by atoms with Gasteiger partial charge in [0.15, 0.2) is 0 Å². The smallest absolute Gasteiger partial charge is 0.410 e. The molecule has 1 rings (SSSR count). The van der Waals surface area contributed by atoms with Crippen LogP contribution in [-0.2, 0) is 16.0 Å².